The van der Waals surface area contributed by atoms with Crippen molar-refractivity contribution in [2.24, 2.45) is 0 Å². The molecule has 0 amide bonds. The topological polar surface area (TPSA) is 35.5 Å². The van der Waals surface area contributed by atoms with Crippen LogP contribution >= 0.6 is 0 Å². The summed E-state index contributed by atoms with van der Waals surface area (Å²) in [5, 5.41) is 8.80. The van der Waals surface area contributed by atoms with Crippen molar-refractivity contribution in [3.8, 4) is 0 Å². The molecule has 1 fully saturated rings. The first-order chi connectivity index (χ1) is 8.38. The standard InChI is InChI=1S/C12H18N2O.C2H6.H2/c15-13-12-6-8-14(9-7-12)10-11-4-2-1-3-5-11;1-2;/h1-5,12-13,15H,6-10H2;1-2H3;1H. The van der Waals surface area contributed by atoms with E-state index in [0.29, 0.717) is 0 Å². The van der Waals surface area contributed by atoms with E-state index < -0.39 is 0 Å². The third-order valence-corrected chi connectivity index (χ3v) is 3.02. The first kappa shape index (κ1) is 14.2. The molecule has 1 aliphatic rings. The van der Waals surface area contributed by atoms with Crippen LogP contribution in [0.2, 0.25) is 0 Å². The molecule has 2 N–H and O–H groups in total. The van der Waals surface area contributed by atoms with Crippen molar-refractivity contribution < 1.29 is 6.63 Å². The molecule has 17 heavy (non-hydrogen) atoms. The number of hydrogen-bond donors (Lipinski definition) is 2. The minimum absolute atomic E-state index is 0. The van der Waals surface area contributed by atoms with Crippen LogP contribution in [0.5, 0.6) is 0 Å². The number of hydrogen-bond acceptors (Lipinski definition) is 3. The molecular formula is C14H26N2O. The summed E-state index contributed by atoms with van der Waals surface area (Å²) in [4.78, 5) is 2.43. The number of nitrogens with one attached hydrogen (secondary N) is 1. The van der Waals surface area contributed by atoms with Gasteiger partial charge in [-0.2, -0.15) is 0 Å². The molecular weight excluding hydrogens is 212 g/mol. The minimum Gasteiger partial charge on any atom is -0.317 e. The maximum atomic E-state index is 8.80. The van der Waals surface area contributed by atoms with Gasteiger partial charge in [0.2, 0.25) is 0 Å². The summed E-state index contributed by atoms with van der Waals surface area (Å²) in [7, 11) is 0. The molecule has 1 aromatic rings. The van der Waals surface area contributed by atoms with Crippen LogP contribution in [-0.4, -0.2) is 29.2 Å². The van der Waals surface area contributed by atoms with E-state index in [1.165, 1.54) is 5.56 Å². The molecule has 0 saturated carbocycles. The zero-order chi connectivity index (χ0) is 12.5. The van der Waals surface area contributed by atoms with Crippen LogP contribution in [0.3, 0.4) is 0 Å². The fourth-order valence-corrected chi connectivity index (χ4v) is 2.06. The lowest BCUT2D eigenvalue weighted by molar-refractivity contribution is 0.0806. The Hall–Kier alpha value is -0.900. The molecule has 2 rings (SSSR count). The quantitative estimate of drug-likeness (QED) is 0.795. The zero-order valence-corrected chi connectivity index (χ0v) is 10.9. The molecule has 3 heteroatoms. The number of rotatable bonds is 3. The van der Waals surface area contributed by atoms with Crippen molar-refractivity contribution in [3.05, 3.63) is 35.9 Å². The number of piperidine rings is 1. The Kier molecular flexibility index (Phi) is 6.86. The predicted octanol–water partition coefficient (Wildman–Crippen LogP) is 2.90. The maximum Gasteiger partial charge on any atom is 0.0344 e. The third kappa shape index (κ3) is 4.86. The highest BCUT2D eigenvalue weighted by Crippen LogP contribution is 2.13. The van der Waals surface area contributed by atoms with Gasteiger partial charge in [0.1, 0.15) is 0 Å². The number of hydroxylamine groups is 1. The molecule has 3 nitrogen and oxygen atoms in total. The van der Waals surface area contributed by atoms with E-state index in [1.54, 1.807) is 0 Å². The predicted molar refractivity (Wildman–Crippen MR) is 73.1 cm³/mol. The summed E-state index contributed by atoms with van der Waals surface area (Å²) in [5.41, 5.74) is 3.73. The summed E-state index contributed by atoms with van der Waals surface area (Å²) >= 11 is 0. The average molecular weight is 238 g/mol. The largest absolute Gasteiger partial charge is 0.317 e. The van der Waals surface area contributed by atoms with Crippen molar-refractivity contribution in [1.29, 1.82) is 0 Å². The first-order valence-corrected chi connectivity index (χ1v) is 6.54. The highest BCUT2D eigenvalue weighted by Gasteiger charge is 2.17. The summed E-state index contributed by atoms with van der Waals surface area (Å²) in [6.45, 7) is 7.15. The van der Waals surface area contributed by atoms with E-state index in [2.05, 4.69) is 34.6 Å². The highest BCUT2D eigenvalue weighted by molar-refractivity contribution is 5.14. The molecule has 1 heterocycles. The summed E-state index contributed by atoms with van der Waals surface area (Å²) < 4.78 is 0. The van der Waals surface area contributed by atoms with Crippen molar-refractivity contribution in [1.82, 2.24) is 10.4 Å². The lowest BCUT2D eigenvalue weighted by Gasteiger charge is -2.31. The molecule has 0 unspecified atom stereocenters. The van der Waals surface area contributed by atoms with Gasteiger partial charge in [0.05, 0.1) is 0 Å². The Morgan fingerprint density at radius 3 is 2.35 bits per heavy atom. The van der Waals surface area contributed by atoms with Gasteiger partial charge in [-0.15, -0.1) is 0 Å². The SMILES string of the molecule is CC.ONC1CCN(Cc2ccccc2)CC1.[HH]. The second-order valence-corrected chi connectivity index (χ2v) is 4.17. The molecule has 1 saturated heterocycles. The van der Waals surface area contributed by atoms with Gasteiger partial charge < -0.3 is 5.21 Å². The first-order valence-electron chi connectivity index (χ1n) is 6.54. The molecule has 0 atom stereocenters. The van der Waals surface area contributed by atoms with Crippen LogP contribution in [0.1, 0.15) is 33.7 Å². The van der Waals surface area contributed by atoms with Crippen LogP contribution in [0.25, 0.3) is 0 Å². The normalized spacial score (nSPS) is 17.4. The number of benzene rings is 1. The highest BCUT2D eigenvalue weighted by atomic mass is 16.5. The molecule has 98 valence electrons. The number of nitrogens with zero attached hydrogens (tertiary/aromatic N) is 1. The van der Waals surface area contributed by atoms with Crippen molar-refractivity contribution in [2.75, 3.05) is 13.1 Å². The Morgan fingerprint density at radius 1 is 1.24 bits per heavy atom. The van der Waals surface area contributed by atoms with E-state index in [-0.39, 0.29) is 7.47 Å². The van der Waals surface area contributed by atoms with Gasteiger partial charge >= 0.3 is 0 Å². The Balaban J connectivity index is 0.000000917. The fraction of sp³-hybridized carbons (Fsp3) is 0.571. The molecule has 1 aliphatic heterocycles. The van der Waals surface area contributed by atoms with Crippen molar-refractivity contribution >= 4 is 0 Å². The van der Waals surface area contributed by atoms with Gasteiger partial charge in [0, 0.05) is 27.1 Å². The zero-order valence-electron chi connectivity index (χ0n) is 10.9. The third-order valence-electron chi connectivity index (χ3n) is 3.02. The molecule has 0 aliphatic carbocycles. The fourth-order valence-electron chi connectivity index (χ4n) is 2.06. The van der Waals surface area contributed by atoms with Gasteiger partial charge in [-0.3, -0.25) is 4.90 Å². The van der Waals surface area contributed by atoms with Crippen LogP contribution in [0.15, 0.2) is 30.3 Å². The van der Waals surface area contributed by atoms with Gasteiger partial charge in [0.15, 0.2) is 0 Å². The molecule has 0 bridgehead atoms. The van der Waals surface area contributed by atoms with Gasteiger partial charge in [-0.25, -0.2) is 5.48 Å². The van der Waals surface area contributed by atoms with Crippen LogP contribution in [-0.2, 0) is 6.54 Å². The smallest absolute Gasteiger partial charge is 0.0344 e. The Bertz CT molecular complexity index is 287. The molecule has 0 spiro atoms. The van der Waals surface area contributed by atoms with Gasteiger partial charge in [0.25, 0.3) is 0 Å². The maximum absolute atomic E-state index is 8.80. The van der Waals surface area contributed by atoms with Crippen LogP contribution < -0.4 is 5.48 Å². The van der Waals surface area contributed by atoms with E-state index in [4.69, 9.17) is 5.21 Å². The second-order valence-electron chi connectivity index (χ2n) is 4.17. The average Bonchev–Trinajstić information content (AvgIpc) is 2.43. The van der Waals surface area contributed by atoms with E-state index in [0.717, 1.165) is 32.5 Å². The lowest BCUT2D eigenvalue weighted by Crippen LogP contribution is -2.40. The van der Waals surface area contributed by atoms with Crippen molar-refractivity contribution in [3.63, 3.8) is 0 Å². The van der Waals surface area contributed by atoms with Gasteiger partial charge in [-0.1, -0.05) is 44.2 Å². The molecule has 0 aromatic heterocycles. The monoisotopic (exact) mass is 238 g/mol. The summed E-state index contributed by atoms with van der Waals surface area (Å²) in [6.07, 6.45) is 2.06. The van der Waals surface area contributed by atoms with Crippen LogP contribution in [0.4, 0.5) is 0 Å². The summed E-state index contributed by atoms with van der Waals surface area (Å²) in [6, 6.07) is 10.8. The lowest BCUT2D eigenvalue weighted by atomic mass is 10.1. The molecule has 0 radical (unpaired) electrons. The summed E-state index contributed by atoms with van der Waals surface area (Å²) in [5.74, 6) is 0. The molecule has 1 aromatic carbocycles. The van der Waals surface area contributed by atoms with Gasteiger partial charge in [-0.05, 0) is 18.4 Å². The van der Waals surface area contributed by atoms with E-state index in [9.17, 15) is 0 Å². The Morgan fingerprint density at radius 2 is 1.82 bits per heavy atom. The Labute approximate surface area is 106 Å². The van der Waals surface area contributed by atoms with E-state index >= 15 is 0 Å². The van der Waals surface area contributed by atoms with Crippen molar-refractivity contribution in [2.45, 2.75) is 39.3 Å². The second kappa shape index (κ2) is 8.23. The van der Waals surface area contributed by atoms with Crippen LogP contribution in [0, 0.1) is 0 Å². The minimum atomic E-state index is 0. The van der Waals surface area contributed by atoms with E-state index in [1.807, 2.05) is 19.9 Å². The number of likely N-dealkylation sites (tertiary alicyclic amines) is 1.